The van der Waals surface area contributed by atoms with Crippen molar-refractivity contribution in [3.05, 3.63) is 68.4 Å². The van der Waals surface area contributed by atoms with Crippen LogP contribution in [0.2, 0.25) is 0 Å². The number of alkyl halides is 3. The largest absolute Gasteiger partial charge is 0.431 e. The SMILES string of the molecule is Cc1nc(-c2cccc(NC(=O)Cn3c(C(F)(F)F)ccc(C(N)=O)c3=O)c2)cs1. The van der Waals surface area contributed by atoms with Gasteiger partial charge in [0.05, 0.1) is 10.7 Å². The Morgan fingerprint density at radius 2 is 1.97 bits per heavy atom. The van der Waals surface area contributed by atoms with Gasteiger partial charge in [-0.2, -0.15) is 13.2 Å². The molecule has 0 bridgehead atoms. The Kier molecular flexibility index (Phi) is 5.74. The molecule has 3 N–H and O–H groups in total. The van der Waals surface area contributed by atoms with Gasteiger partial charge in [0.25, 0.3) is 11.5 Å². The van der Waals surface area contributed by atoms with Crippen molar-refractivity contribution in [1.82, 2.24) is 9.55 Å². The van der Waals surface area contributed by atoms with Crippen LogP contribution >= 0.6 is 11.3 Å². The lowest BCUT2D eigenvalue weighted by atomic mass is 10.1. The monoisotopic (exact) mass is 436 g/mol. The van der Waals surface area contributed by atoms with Gasteiger partial charge in [0.15, 0.2) is 0 Å². The molecule has 156 valence electrons. The number of aryl methyl sites for hydroxylation is 1. The number of hydrogen-bond acceptors (Lipinski definition) is 5. The highest BCUT2D eigenvalue weighted by Gasteiger charge is 2.35. The number of nitrogens with two attached hydrogens (primary N) is 1. The number of pyridine rings is 1. The molecule has 0 atom stereocenters. The number of halogens is 3. The van der Waals surface area contributed by atoms with E-state index in [1.807, 2.05) is 12.3 Å². The summed E-state index contributed by atoms with van der Waals surface area (Å²) in [6.45, 7) is 0.894. The standard InChI is InChI=1S/C19H15F3N4O3S/c1-10-24-14(9-30-10)11-3-2-4-12(7-11)25-16(27)8-26-15(19(20,21)22)6-5-13(17(23)28)18(26)29/h2-7,9H,8H2,1H3,(H2,23,28)(H,25,27). The zero-order chi connectivity index (χ0) is 22.1. The minimum absolute atomic E-state index is 0.184. The van der Waals surface area contributed by atoms with Crippen LogP contribution in [0, 0.1) is 6.92 Å². The molecule has 0 spiro atoms. The van der Waals surface area contributed by atoms with Crippen LogP contribution in [-0.2, 0) is 17.5 Å². The van der Waals surface area contributed by atoms with Crippen LogP contribution < -0.4 is 16.6 Å². The van der Waals surface area contributed by atoms with Crippen molar-refractivity contribution in [3.63, 3.8) is 0 Å². The van der Waals surface area contributed by atoms with E-state index in [9.17, 15) is 27.6 Å². The van der Waals surface area contributed by atoms with Gasteiger partial charge >= 0.3 is 6.18 Å². The smallest absolute Gasteiger partial charge is 0.365 e. The van der Waals surface area contributed by atoms with Gasteiger partial charge in [0.1, 0.15) is 17.8 Å². The molecule has 0 saturated carbocycles. The Bertz CT molecular complexity index is 1180. The minimum atomic E-state index is -4.90. The van der Waals surface area contributed by atoms with Gasteiger partial charge in [0.2, 0.25) is 5.91 Å². The molecule has 11 heteroatoms. The van der Waals surface area contributed by atoms with Crippen molar-refractivity contribution in [2.45, 2.75) is 19.6 Å². The second-order valence-electron chi connectivity index (χ2n) is 6.27. The maximum Gasteiger partial charge on any atom is 0.431 e. The van der Waals surface area contributed by atoms with Crippen molar-refractivity contribution in [3.8, 4) is 11.3 Å². The number of aromatic nitrogens is 2. The second-order valence-corrected chi connectivity index (χ2v) is 7.33. The van der Waals surface area contributed by atoms with E-state index in [1.165, 1.54) is 11.3 Å². The quantitative estimate of drug-likeness (QED) is 0.641. The number of nitrogens with one attached hydrogen (secondary N) is 1. The Balaban J connectivity index is 1.89. The Labute approximate surface area is 172 Å². The van der Waals surface area contributed by atoms with E-state index >= 15 is 0 Å². The molecule has 0 saturated heterocycles. The van der Waals surface area contributed by atoms with Crippen LogP contribution in [0.1, 0.15) is 21.1 Å². The lowest BCUT2D eigenvalue weighted by Crippen LogP contribution is -2.36. The summed E-state index contributed by atoms with van der Waals surface area (Å²) in [5, 5.41) is 5.14. The molecule has 0 aliphatic carbocycles. The van der Waals surface area contributed by atoms with Crippen molar-refractivity contribution < 1.29 is 22.8 Å². The topological polar surface area (TPSA) is 107 Å². The van der Waals surface area contributed by atoms with E-state index < -0.39 is 41.4 Å². The third kappa shape index (κ3) is 4.57. The number of carbonyl (C=O) groups is 2. The van der Waals surface area contributed by atoms with Crippen LogP contribution in [0.4, 0.5) is 18.9 Å². The molecular weight excluding hydrogens is 421 g/mol. The molecule has 7 nitrogen and oxygen atoms in total. The van der Waals surface area contributed by atoms with E-state index in [4.69, 9.17) is 5.73 Å². The molecule has 2 aromatic heterocycles. The first kappa shape index (κ1) is 21.2. The molecule has 3 aromatic rings. The molecule has 2 heterocycles. The average molecular weight is 436 g/mol. The highest BCUT2D eigenvalue weighted by Crippen LogP contribution is 2.28. The molecular formula is C19H15F3N4O3S. The fraction of sp³-hybridized carbons (Fsp3) is 0.158. The summed E-state index contributed by atoms with van der Waals surface area (Å²) in [7, 11) is 0. The predicted molar refractivity (Wildman–Crippen MR) is 105 cm³/mol. The summed E-state index contributed by atoms with van der Waals surface area (Å²) in [5.74, 6) is -2.06. The van der Waals surface area contributed by atoms with Crippen molar-refractivity contribution >= 4 is 28.8 Å². The van der Waals surface area contributed by atoms with Gasteiger partial charge in [-0.15, -0.1) is 11.3 Å². The van der Waals surface area contributed by atoms with Crippen molar-refractivity contribution in [2.75, 3.05) is 5.32 Å². The van der Waals surface area contributed by atoms with Crippen LogP contribution in [-0.4, -0.2) is 21.4 Å². The molecule has 0 unspecified atom stereocenters. The third-order valence-electron chi connectivity index (χ3n) is 4.09. The molecule has 0 radical (unpaired) electrons. The van der Waals surface area contributed by atoms with Gasteiger partial charge < -0.3 is 11.1 Å². The van der Waals surface area contributed by atoms with Gasteiger partial charge in [-0.1, -0.05) is 12.1 Å². The number of anilines is 1. The van der Waals surface area contributed by atoms with Crippen LogP contribution in [0.15, 0.2) is 46.6 Å². The van der Waals surface area contributed by atoms with Crippen LogP contribution in [0.5, 0.6) is 0 Å². The number of benzene rings is 1. The number of rotatable bonds is 5. The van der Waals surface area contributed by atoms with Gasteiger partial charge in [-0.3, -0.25) is 19.0 Å². The molecule has 1 aromatic carbocycles. The lowest BCUT2D eigenvalue weighted by Gasteiger charge is -2.16. The average Bonchev–Trinajstić information content (AvgIpc) is 3.08. The zero-order valence-corrected chi connectivity index (χ0v) is 16.3. The first-order valence-corrected chi connectivity index (χ1v) is 9.37. The third-order valence-corrected chi connectivity index (χ3v) is 4.87. The highest BCUT2D eigenvalue weighted by molar-refractivity contribution is 7.09. The number of primary amides is 1. The predicted octanol–water partition coefficient (Wildman–Crippen LogP) is 3.04. The van der Waals surface area contributed by atoms with Gasteiger partial charge in [0, 0.05) is 16.6 Å². The van der Waals surface area contributed by atoms with Gasteiger partial charge in [-0.25, -0.2) is 4.98 Å². The number of carbonyl (C=O) groups excluding carboxylic acids is 2. The summed E-state index contributed by atoms with van der Waals surface area (Å²) in [5.41, 5.74) is 3.45. The minimum Gasteiger partial charge on any atom is -0.365 e. The lowest BCUT2D eigenvalue weighted by molar-refractivity contribution is -0.144. The number of thiazole rings is 1. The van der Waals surface area contributed by atoms with E-state index in [0.717, 1.165) is 5.01 Å². The summed E-state index contributed by atoms with van der Waals surface area (Å²) in [6.07, 6.45) is -4.90. The molecule has 0 fully saturated rings. The molecule has 0 aliphatic rings. The van der Waals surface area contributed by atoms with Gasteiger partial charge in [-0.05, 0) is 31.2 Å². The van der Waals surface area contributed by atoms with Crippen LogP contribution in [0.25, 0.3) is 11.3 Å². The maximum absolute atomic E-state index is 13.3. The number of nitrogens with zero attached hydrogens (tertiary/aromatic N) is 2. The molecule has 3 rings (SSSR count). The fourth-order valence-electron chi connectivity index (χ4n) is 2.77. The maximum atomic E-state index is 13.3. The van der Waals surface area contributed by atoms with E-state index in [-0.39, 0.29) is 4.57 Å². The first-order chi connectivity index (χ1) is 14.1. The van der Waals surface area contributed by atoms with E-state index in [0.29, 0.717) is 29.1 Å². The molecule has 2 amide bonds. The van der Waals surface area contributed by atoms with Crippen molar-refractivity contribution in [2.24, 2.45) is 5.73 Å². The van der Waals surface area contributed by atoms with E-state index in [1.54, 1.807) is 24.3 Å². The number of amides is 2. The summed E-state index contributed by atoms with van der Waals surface area (Å²) in [6, 6.07) is 7.82. The first-order valence-electron chi connectivity index (χ1n) is 8.49. The normalized spacial score (nSPS) is 11.3. The number of hydrogen-bond donors (Lipinski definition) is 2. The summed E-state index contributed by atoms with van der Waals surface area (Å²) >= 11 is 1.45. The zero-order valence-electron chi connectivity index (χ0n) is 15.5. The Morgan fingerprint density at radius 1 is 1.23 bits per heavy atom. The highest BCUT2D eigenvalue weighted by atomic mass is 32.1. The Morgan fingerprint density at radius 3 is 2.57 bits per heavy atom. The van der Waals surface area contributed by atoms with Crippen LogP contribution in [0.3, 0.4) is 0 Å². The summed E-state index contributed by atoms with van der Waals surface area (Å²) < 4.78 is 40.0. The van der Waals surface area contributed by atoms with E-state index in [2.05, 4.69) is 10.3 Å². The fourth-order valence-corrected chi connectivity index (χ4v) is 3.39. The van der Waals surface area contributed by atoms with Crippen molar-refractivity contribution in [1.29, 1.82) is 0 Å². The second kappa shape index (κ2) is 8.11. The molecule has 30 heavy (non-hydrogen) atoms. The Hall–Kier alpha value is -3.47. The summed E-state index contributed by atoms with van der Waals surface area (Å²) in [4.78, 5) is 40.3. The molecule has 0 aliphatic heterocycles.